The molecule has 0 aliphatic carbocycles. The average molecular weight is 348 g/mol. The molecule has 2 aromatic rings. The van der Waals surface area contributed by atoms with E-state index in [1.165, 1.54) is 18.2 Å². The van der Waals surface area contributed by atoms with Gasteiger partial charge in [0, 0.05) is 16.7 Å². The molecule has 1 heterocycles. The molecular weight excluding hydrogens is 337 g/mol. The highest BCUT2D eigenvalue weighted by molar-refractivity contribution is 6.09. The van der Waals surface area contributed by atoms with Crippen molar-refractivity contribution < 1.29 is 32.6 Å². The number of rotatable bonds is 3. The van der Waals surface area contributed by atoms with Crippen molar-refractivity contribution in [1.82, 2.24) is 0 Å². The highest BCUT2D eigenvalue weighted by atomic mass is 19.4. The lowest BCUT2D eigenvalue weighted by atomic mass is 9.96. The molecule has 0 amide bonds. The van der Waals surface area contributed by atoms with Crippen LogP contribution in [0.2, 0.25) is 0 Å². The van der Waals surface area contributed by atoms with Crippen LogP contribution in [0.3, 0.4) is 0 Å². The maximum absolute atomic E-state index is 13.0. The van der Waals surface area contributed by atoms with Crippen LogP contribution in [-0.4, -0.2) is 29.1 Å². The summed E-state index contributed by atoms with van der Waals surface area (Å²) in [7, 11) is 0. The molecule has 1 N–H and O–H groups in total. The van der Waals surface area contributed by atoms with Crippen molar-refractivity contribution >= 4 is 17.8 Å². The predicted molar refractivity (Wildman–Crippen MR) is 82.4 cm³/mol. The minimum atomic E-state index is -4.86. The maximum Gasteiger partial charge on any atom is 0.430 e. The summed E-state index contributed by atoms with van der Waals surface area (Å²) in [6.07, 6.45) is -6.52. The Morgan fingerprint density at radius 3 is 2.28 bits per heavy atom. The van der Waals surface area contributed by atoms with Crippen LogP contribution in [0.25, 0.3) is 6.08 Å². The number of hydrogen-bond acceptors (Lipinski definition) is 3. The Kier molecular flexibility index (Phi) is 4.08. The summed E-state index contributed by atoms with van der Waals surface area (Å²) >= 11 is 0. The molecule has 0 bridgehead atoms. The number of ketones is 1. The third kappa shape index (κ3) is 3.26. The van der Waals surface area contributed by atoms with E-state index in [1.807, 2.05) is 0 Å². The summed E-state index contributed by atoms with van der Waals surface area (Å²) in [5.74, 6) is -2.18. The van der Waals surface area contributed by atoms with Crippen molar-refractivity contribution in [2.24, 2.45) is 0 Å². The Morgan fingerprint density at radius 1 is 1.00 bits per heavy atom. The number of alkyl halides is 3. The number of benzene rings is 2. The van der Waals surface area contributed by atoms with E-state index >= 15 is 0 Å². The van der Waals surface area contributed by atoms with Crippen molar-refractivity contribution in [3.8, 4) is 5.75 Å². The van der Waals surface area contributed by atoms with Gasteiger partial charge >= 0.3 is 12.1 Å². The molecular formula is C18H11F3O4. The highest BCUT2D eigenvalue weighted by Crippen LogP contribution is 2.37. The van der Waals surface area contributed by atoms with Gasteiger partial charge in [-0.1, -0.05) is 30.3 Å². The molecule has 0 saturated carbocycles. The molecule has 25 heavy (non-hydrogen) atoms. The molecule has 2 aromatic carbocycles. The molecule has 0 aromatic heterocycles. The largest absolute Gasteiger partial charge is 0.478 e. The van der Waals surface area contributed by atoms with Gasteiger partial charge in [-0.2, -0.15) is 13.2 Å². The normalized spacial score (nSPS) is 16.4. The second-order valence-corrected chi connectivity index (χ2v) is 5.39. The lowest BCUT2D eigenvalue weighted by Gasteiger charge is -2.27. The van der Waals surface area contributed by atoms with Gasteiger partial charge in [-0.25, -0.2) is 4.79 Å². The first-order valence-corrected chi connectivity index (χ1v) is 7.19. The van der Waals surface area contributed by atoms with Gasteiger partial charge in [0.2, 0.25) is 6.10 Å². The van der Waals surface area contributed by atoms with Gasteiger partial charge in [-0.3, -0.25) is 4.79 Å². The fraction of sp³-hybridized carbons (Fsp3) is 0.111. The van der Waals surface area contributed by atoms with Crippen LogP contribution in [0.1, 0.15) is 21.5 Å². The Hall–Kier alpha value is -3.09. The number of aliphatic carboxylic acids is 1. The van der Waals surface area contributed by atoms with Crippen LogP contribution < -0.4 is 4.74 Å². The van der Waals surface area contributed by atoms with Crippen molar-refractivity contribution in [1.29, 1.82) is 0 Å². The van der Waals surface area contributed by atoms with E-state index in [0.717, 1.165) is 6.08 Å². The van der Waals surface area contributed by atoms with Gasteiger partial charge < -0.3 is 9.84 Å². The first-order chi connectivity index (χ1) is 11.8. The van der Waals surface area contributed by atoms with E-state index in [-0.39, 0.29) is 22.7 Å². The molecule has 0 spiro atoms. The summed E-state index contributed by atoms with van der Waals surface area (Å²) in [5, 5.41) is 9.04. The third-order valence-corrected chi connectivity index (χ3v) is 3.69. The van der Waals surface area contributed by atoms with Gasteiger partial charge in [0.15, 0.2) is 5.78 Å². The first kappa shape index (κ1) is 16.8. The molecule has 1 aliphatic heterocycles. The summed E-state index contributed by atoms with van der Waals surface area (Å²) < 4.78 is 43.8. The molecule has 7 heteroatoms. The number of hydrogen-bond donors (Lipinski definition) is 1. The maximum atomic E-state index is 13.0. The number of ether oxygens (including phenoxy) is 1. The van der Waals surface area contributed by atoms with Gasteiger partial charge in [0.1, 0.15) is 5.75 Å². The van der Waals surface area contributed by atoms with Crippen LogP contribution >= 0.6 is 0 Å². The summed E-state index contributed by atoms with van der Waals surface area (Å²) in [4.78, 5) is 23.6. The molecule has 0 radical (unpaired) electrons. The van der Waals surface area contributed by atoms with E-state index < -0.39 is 23.8 Å². The zero-order chi connectivity index (χ0) is 18.2. The van der Waals surface area contributed by atoms with Gasteiger partial charge in [-0.15, -0.1) is 0 Å². The lowest BCUT2D eigenvalue weighted by Crippen LogP contribution is -2.40. The lowest BCUT2D eigenvalue weighted by molar-refractivity contribution is -0.187. The molecule has 1 unspecified atom stereocenters. The predicted octanol–water partition coefficient (Wildman–Crippen LogP) is 3.71. The summed E-state index contributed by atoms with van der Waals surface area (Å²) in [5.41, 5.74) is -0.182. The standard InChI is InChI=1S/C18H11F3O4/c19-18(20,21)16-13(17(23)24)9-12-8-11(6-7-14(12)25-16)15(22)10-4-2-1-3-5-10/h1-9,16H,(H,23,24). The SMILES string of the molecule is O=C(O)C1=Cc2cc(C(=O)c3ccccc3)ccc2OC1C(F)(F)F. The first-order valence-electron chi connectivity index (χ1n) is 7.19. The minimum absolute atomic E-state index is 0.111. The van der Waals surface area contributed by atoms with Crippen LogP contribution in [0.4, 0.5) is 13.2 Å². The molecule has 1 aliphatic rings. The smallest absolute Gasteiger partial charge is 0.430 e. The van der Waals surface area contributed by atoms with Gasteiger partial charge in [0.05, 0.1) is 5.57 Å². The summed E-state index contributed by atoms with van der Waals surface area (Å²) in [6.45, 7) is 0. The zero-order valence-corrected chi connectivity index (χ0v) is 12.6. The van der Waals surface area contributed by atoms with Crippen molar-refractivity contribution in [2.75, 3.05) is 0 Å². The quantitative estimate of drug-likeness (QED) is 0.859. The fourth-order valence-electron chi connectivity index (χ4n) is 2.52. The van der Waals surface area contributed by atoms with Crippen molar-refractivity contribution in [3.05, 3.63) is 70.8 Å². The van der Waals surface area contributed by atoms with E-state index in [2.05, 4.69) is 0 Å². The molecule has 128 valence electrons. The molecule has 0 fully saturated rings. The molecule has 3 rings (SSSR count). The molecule has 0 saturated heterocycles. The van der Waals surface area contributed by atoms with Crippen LogP contribution in [0.15, 0.2) is 54.1 Å². The van der Waals surface area contributed by atoms with Crippen LogP contribution in [0.5, 0.6) is 5.75 Å². The van der Waals surface area contributed by atoms with Gasteiger partial charge in [-0.05, 0) is 24.3 Å². The van der Waals surface area contributed by atoms with Crippen LogP contribution in [-0.2, 0) is 4.79 Å². The number of carbonyl (C=O) groups is 2. The third-order valence-electron chi connectivity index (χ3n) is 3.69. The average Bonchev–Trinajstić information content (AvgIpc) is 2.59. The Bertz CT molecular complexity index is 870. The number of carboxylic acid groups (broad SMARTS) is 1. The van der Waals surface area contributed by atoms with Crippen molar-refractivity contribution in [2.45, 2.75) is 12.3 Å². The number of fused-ring (bicyclic) bond motifs is 1. The van der Waals surface area contributed by atoms with Crippen LogP contribution in [0, 0.1) is 0 Å². The zero-order valence-electron chi connectivity index (χ0n) is 12.6. The van der Waals surface area contributed by atoms with E-state index in [1.54, 1.807) is 30.3 Å². The van der Waals surface area contributed by atoms with E-state index in [0.29, 0.717) is 5.56 Å². The topological polar surface area (TPSA) is 63.6 Å². The van der Waals surface area contributed by atoms with Gasteiger partial charge in [0.25, 0.3) is 0 Å². The monoisotopic (exact) mass is 348 g/mol. The Balaban J connectivity index is 2.02. The Morgan fingerprint density at radius 2 is 1.68 bits per heavy atom. The fourth-order valence-corrected chi connectivity index (χ4v) is 2.52. The van der Waals surface area contributed by atoms with E-state index in [9.17, 15) is 22.8 Å². The molecule has 1 atom stereocenters. The second kappa shape index (κ2) is 6.08. The van der Waals surface area contributed by atoms with Crippen molar-refractivity contribution in [3.63, 3.8) is 0 Å². The Labute approximate surface area is 140 Å². The summed E-state index contributed by atoms with van der Waals surface area (Å²) in [6, 6.07) is 12.2. The number of halogens is 3. The number of carboxylic acids is 1. The second-order valence-electron chi connectivity index (χ2n) is 5.39. The highest BCUT2D eigenvalue weighted by Gasteiger charge is 2.48. The number of carbonyl (C=O) groups excluding carboxylic acids is 1. The van der Waals surface area contributed by atoms with E-state index in [4.69, 9.17) is 9.84 Å². The molecule has 4 nitrogen and oxygen atoms in total. The minimum Gasteiger partial charge on any atom is -0.478 e.